The van der Waals surface area contributed by atoms with Crippen LogP contribution in [0.1, 0.15) is 134 Å². The first-order chi connectivity index (χ1) is 19.6. The SMILES string of the molecule is CCCCCCCCC#CCCCCCCCC(=O)OCC(C(=O)O[C@H]1C[C@H]2CC[C@@H](C1)N2C)c1ccccc1. The molecule has 1 aromatic rings. The van der Waals surface area contributed by atoms with Crippen molar-refractivity contribution in [2.45, 2.75) is 147 Å². The lowest BCUT2D eigenvalue weighted by Crippen LogP contribution is -2.44. The zero-order chi connectivity index (χ0) is 28.4. The second-order valence-corrected chi connectivity index (χ2v) is 11.9. The van der Waals surface area contributed by atoms with Gasteiger partial charge in [0.15, 0.2) is 0 Å². The van der Waals surface area contributed by atoms with Crippen LogP contribution in [0.15, 0.2) is 30.3 Å². The minimum Gasteiger partial charge on any atom is -0.464 e. The Morgan fingerprint density at radius 1 is 0.850 bits per heavy atom. The number of benzene rings is 1. The standard InChI is InChI=1S/C35H53NO4/c1-3-4-5-6-7-8-9-10-11-12-13-14-15-16-20-23-34(37)39-28-33(29-21-18-17-19-22-29)35(38)40-32-26-30-24-25-31(27-32)36(30)2/h17-19,21-22,30-33H,3-9,12-16,20,23-28H2,1-2H3/t30-,31+,32+,33?. The molecule has 40 heavy (non-hydrogen) atoms. The number of nitrogens with zero attached hydrogens (tertiary/aromatic N) is 1. The predicted molar refractivity (Wildman–Crippen MR) is 162 cm³/mol. The lowest BCUT2D eigenvalue weighted by Gasteiger charge is -2.36. The highest BCUT2D eigenvalue weighted by molar-refractivity contribution is 5.79. The molecule has 4 atom stereocenters. The average Bonchev–Trinajstić information content (AvgIpc) is 3.15. The number of fused-ring (bicyclic) bond motifs is 2. The monoisotopic (exact) mass is 551 g/mol. The summed E-state index contributed by atoms with van der Waals surface area (Å²) in [4.78, 5) is 28.1. The molecule has 0 aromatic heterocycles. The summed E-state index contributed by atoms with van der Waals surface area (Å²) >= 11 is 0. The van der Waals surface area contributed by atoms with Gasteiger partial charge in [0, 0.05) is 31.3 Å². The van der Waals surface area contributed by atoms with Crippen molar-refractivity contribution in [1.82, 2.24) is 4.90 Å². The summed E-state index contributed by atoms with van der Waals surface area (Å²) in [6.07, 6.45) is 19.7. The van der Waals surface area contributed by atoms with Crippen LogP contribution in [-0.4, -0.2) is 48.7 Å². The highest BCUT2D eigenvalue weighted by atomic mass is 16.6. The third-order valence-corrected chi connectivity index (χ3v) is 8.70. The second kappa shape index (κ2) is 18.9. The maximum absolute atomic E-state index is 13.2. The Morgan fingerprint density at radius 3 is 2.05 bits per heavy atom. The Balaban J connectivity index is 1.27. The first-order valence-electron chi connectivity index (χ1n) is 16.2. The number of rotatable bonds is 18. The van der Waals surface area contributed by atoms with Crippen LogP contribution in [0.25, 0.3) is 0 Å². The van der Waals surface area contributed by atoms with Crippen LogP contribution in [0.4, 0.5) is 0 Å². The van der Waals surface area contributed by atoms with Crippen molar-refractivity contribution >= 4 is 11.9 Å². The van der Waals surface area contributed by atoms with E-state index in [1.807, 2.05) is 30.3 Å². The third kappa shape index (κ3) is 11.7. The van der Waals surface area contributed by atoms with Crippen molar-refractivity contribution in [3.8, 4) is 11.8 Å². The summed E-state index contributed by atoms with van der Waals surface area (Å²) in [7, 11) is 2.18. The van der Waals surface area contributed by atoms with E-state index in [1.54, 1.807) is 0 Å². The number of piperidine rings is 1. The van der Waals surface area contributed by atoms with Crippen LogP contribution in [-0.2, 0) is 19.1 Å². The largest absolute Gasteiger partial charge is 0.464 e. The topological polar surface area (TPSA) is 55.8 Å². The molecule has 2 fully saturated rings. The molecule has 0 radical (unpaired) electrons. The van der Waals surface area contributed by atoms with E-state index in [1.165, 1.54) is 51.4 Å². The quantitative estimate of drug-likeness (QED) is 0.105. The van der Waals surface area contributed by atoms with Gasteiger partial charge >= 0.3 is 11.9 Å². The fourth-order valence-electron chi connectivity index (χ4n) is 6.12. The maximum atomic E-state index is 13.2. The molecule has 5 nitrogen and oxygen atoms in total. The van der Waals surface area contributed by atoms with E-state index < -0.39 is 5.92 Å². The Morgan fingerprint density at radius 2 is 1.43 bits per heavy atom. The van der Waals surface area contributed by atoms with Crippen molar-refractivity contribution in [1.29, 1.82) is 0 Å². The first kappa shape index (κ1) is 32.2. The molecule has 2 bridgehead atoms. The van der Waals surface area contributed by atoms with E-state index in [9.17, 15) is 9.59 Å². The molecule has 222 valence electrons. The second-order valence-electron chi connectivity index (χ2n) is 11.9. The number of unbranched alkanes of at least 4 members (excludes halogenated alkanes) is 11. The predicted octanol–water partition coefficient (Wildman–Crippen LogP) is 7.97. The van der Waals surface area contributed by atoms with Crippen LogP contribution in [0.3, 0.4) is 0 Å². The molecule has 0 spiro atoms. The van der Waals surface area contributed by atoms with Gasteiger partial charge in [0.05, 0.1) is 0 Å². The van der Waals surface area contributed by atoms with Gasteiger partial charge in [-0.3, -0.25) is 9.59 Å². The molecule has 3 rings (SSSR count). The Kier molecular flexibility index (Phi) is 15.2. The molecule has 0 N–H and O–H groups in total. The zero-order valence-corrected chi connectivity index (χ0v) is 25.2. The molecule has 2 aliphatic rings. The van der Waals surface area contributed by atoms with Crippen LogP contribution < -0.4 is 0 Å². The number of hydrogen-bond donors (Lipinski definition) is 0. The molecule has 2 aliphatic heterocycles. The number of esters is 2. The molecule has 0 aliphatic carbocycles. The van der Waals surface area contributed by atoms with E-state index in [4.69, 9.17) is 9.47 Å². The van der Waals surface area contributed by atoms with Gasteiger partial charge in [0.1, 0.15) is 18.6 Å². The van der Waals surface area contributed by atoms with Gasteiger partial charge in [0.25, 0.3) is 0 Å². The van der Waals surface area contributed by atoms with Crippen LogP contribution in [0, 0.1) is 11.8 Å². The van der Waals surface area contributed by atoms with Gasteiger partial charge in [-0.25, -0.2) is 0 Å². The van der Waals surface area contributed by atoms with Gasteiger partial charge in [-0.15, -0.1) is 11.8 Å². The van der Waals surface area contributed by atoms with Gasteiger partial charge in [-0.2, -0.15) is 0 Å². The Labute approximate surface area is 243 Å². The van der Waals surface area contributed by atoms with E-state index in [0.717, 1.165) is 63.4 Å². The molecule has 5 heteroatoms. The maximum Gasteiger partial charge on any atom is 0.317 e. The van der Waals surface area contributed by atoms with Crippen molar-refractivity contribution in [2.75, 3.05) is 13.7 Å². The molecular formula is C35H53NO4. The zero-order valence-electron chi connectivity index (χ0n) is 25.2. The highest BCUT2D eigenvalue weighted by Gasteiger charge is 2.40. The van der Waals surface area contributed by atoms with Crippen molar-refractivity contribution in [3.63, 3.8) is 0 Å². The van der Waals surface area contributed by atoms with E-state index in [2.05, 4.69) is 30.7 Å². The lowest BCUT2D eigenvalue weighted by atomic mass is 9.98. The van der Waals surface area contributed by atoms with Gasteiger partial charge in [-0.1, -0.05) is 88.6 Å². The molecule has 1 aromatic carbocycles. The summed E-state index contributed by atoms with van der Waals surface area (Å²) in [5.41, 5.74) is 0.839. The molecular weight excluding hydrogens is 498 g/mol. The van der Waals surface area contributed by atoms with Crippen LogP contribution in [0.5, 0.6) is 0 Å². The van der Waals surface area contributed by atoms with Crippen LogP contribution in [0.2, 0.25) is 0 Å². The summed E-state index contributed by atoms with van der Waals surface area (Å²) in [6, 6.07) is 10.6. The number of carbonyl (C=O) groups excluding carboxylic acids is 2. The smallest absolute Gasteiger partial charge is 0.317 e. The fourth-order valence-corrected chi connectivity index (χ4v) is 6.12. The van der Waals surface area contributed by atoms with Gasteiger partial charge in [0.2, 0.25) is 0 Å². The minimum atomic E-state index is -0.579. The molecule has 1 unspecified atom stereocenters. The molecule has 2 saturated heterocycles. The van der Waals surface area contributed by atoms with E-state index >= 15 is 0 Å². The summed E-state index contributed by atoms with van der Waals surface area (Å²) in [5.74, 6) is 5.55. The fraction of sp³-hybridized carbons (Fsp3) is 0.714. The molecule has 0 amide bonds. The lowest BCUT2D eigenvalue weighted by molar-refractivity contribution is -0.158. The summed E-state index contributed by atoms with van der Waals surface area (Å²) in [6.45, 7) is 2.29. The number of ether oxygens (including phenoxy) is 2. The van der Waals surface area contributed by atoms with E-state index in [-0.39, 0.29) is 24.6 Å². The van der Waals surface area contributed by atoms with Crippen molar-refractivity contribution < 1.29 is 19.1 Å². The molecule has 2 heterocycles. The number of hydrogen-bond acceptors (Lipinski definition) is 5. The summed E-state index contributed by atoms with van der Waals surface area (Å²) < 4.78 is 11.6. The minimum absolute atomic E-state index is 0.0402. The summed E-state index contributed by atoms with van der Waals surface area (Å²) in [5, 5.41) is 0. The van der Waals surface area contributed by atoms with Crippen molar-refractivity contribution in [2.24, 2.45) is 0 Å². The Bertz CT molecular complexity index is 906. The normalized spacial score (nSPS) is 20.9. The third-order valence-electron chi connectivity index (χ3n) is 8.70. The average molecular weight is 552 g/mol. The number of carbonyl (C=O) groups is 2. The highest BCUT2D eigenvalue weighted by Crippen LogP contribution is 2.36. The van der Waals surface area contributed by atoms with Crippen LogP contribution >= 0.6 is 0 Å². The van der Waals surface area contributed by atoms with Gasteiger partial charge in [-0.05, 0) is 57.6 Å². The molecule has 0 saturated carbocycles. The Hall–Kier alpha value is -2.32. The van der Waals surface area contributed by atoms with Gasteiger partial charge < -0.3 is 14.4 Å². The van der Waals surface area contributed by atoms with E-state index in [0.29, 0.717) is 18.5 Å². The van der Waals surface area contributed by atoms with Crippen molar-refractivity contribution in [3.05, 3.63) is 35.9 Å². The first-order valence-corrected chi connectivity index (χ1v) is 16.2.